The number of carbonyl (C=O) groups is 10. The van der Waals surface area contributed by atoms with Crippen LogP contribution < -0.4 is 47.4 Å². The van der Waals surface area contributed by atoms with Gasteiger partial charge in [-0.25, -0.2) is 46.1 Å². The lowest BCUT2D eigenvalue weighted by Crippen LogP contribution is -2.51. The van der Waals surface area contributed by atoms with E-state index in [-0.39, 0.29) is 106 Å². The first kappa shape index (κ1) is 106. The van der Waals surface area contributed by atoms with E-state index < -0.39 is 164 Å². The number of sulfone groups is 1. The first-order chi connectivity index (χ1) is 65.2. The predicted molar refractivity (Wildman–Crippen MR) is 523 cm³/mol. The Kier molecular flexibility index (Phi) is 35.0. The highest BCUT2D eigenvalue weighted by molar-refractivity contribution is 8.00. The van der Waals surface area contributed by atoms with Gasteiger partial charge >= 0.3 is 24.9 Å². The normalized spacial score (nSPS) is 15.1. The Morgan fingerprint density at radius 1 is 0.804 bits per heavy atom. The SMILES string of the molecule is CCN(CC)c1ccc2c(-c3ccc(S(=O)(=O)CCc4cnc(SC[Si](C)(C)O[Si](C)(C)CCCN5C(=O)CC(SC)C5=O)nc4)cc3S(=O)(=O)[O-])c3ccc(=[N+](CC)CC)cc-3oc2c1.CC[C@H](CC(=O)[C@H](CNC(=O)CCC1=[N+]2C(=Cc3c(C)cc(C)n3[B-]2(F)F)C=C1)NC(=O)[C@H](CC(=O)O)CC(=O)CC[C@H](NC(=O)c1ccc(NCc2cnc3nc(N)[nH]c(=O)c3n2)cc1)C(=O)O)C(=O)O. The fourth-order valence-electron chi connectivity index (χ4n) is 17.0. The highest BCUT2D eigenvalue weighted by Crippen LogP contribution is 2.45. The van der Waals surface area contributed by atoms with E-state index in [1.165, 1.54) is 90.1 Å². The number of nitrogens with one attached hydrogen (secondary N) is 5. The molecule has 1 fully saturated rings. The van der Waals surface area contributed by atoms with Crippen molar-refractivity contribution in [3.05, 3.63) is 171 Å². The number of anilines is 3. The molecule has 1 saturated heterocycles. The van der Waals surface area contributed by atoms with Crippen LogP contribution in [0.3, 0.4) is 0 Å². The van der Waals surface area contributed by atoms with Gasteiger partial charge in [-0.3, -0.25) is 57.8 Å². The maximum Gasteiger partial charge on any atom is 0.737 e. The summed E-state index contributed by atoms with van der Waals surface area (Å²) >= 11 is 2.90. The number of imide groups is 1. The number of likely N-dealkylation sites (tertiary alicyclic amines) is 1. The van der Waals surface area contributed by atoms with Gasteiger partial charge in [0, 0.05) is 158 Å². The summed E-state index contributed by atoms with van der Waals surface area (Å²) in [4.78, 5) is 166. The minimum absolute atomic E-state index is 0.0175. The number of carboxylic acids is 3. The zero-order valence-electron chi connectivity index (χ0n) is 78.5. The van der Waals surface area contributed by atoms with Gasteiger partial charge in [0.1, 0.15) is 58.1 Å². The van der Waals surface area contributed by atoms with Crippen molar-refractivity contribution in [2.75, 3.05) is 72.6 Å². The van der Waals surface area contributed by atoms with Crippen LogP contribution in [0.1, 0.15) is 137 Å². The van der Waals surface area contributed by atoms with Crippen molar-refractivity contribution in [3.8, 4) is 22.5 Å². The number of thioether (sulfide) groups is 2. The number of amides is 5. The summed E-state index contributed by atoms with van der Waals surface area (Å²) in [5, 5.41) is 41.8. The molecule has 3 aromatic carbocycles. The van der Waals surface area contributed by atoms with Gasteiger partial charge in [-0.15, -0.1) is 0 Å². The minimum atomic E-state index is -5.19. The Bertz CT molecular complexity index is 6650. The third-order valence-corrected chi connectivity index (χ3v) is 37.4. The van der Waals surface area contributed by atoms with Crippen LogP contribution in [0.5, 0.6) is 0 Å². The summed E-state index contributed by atoms with van der Waals surface area (Å²) in [7, 11) is -13.6. The van der Waals surface area contributed by atoms with Gasteiger partial charge in [-0.05, 0) is 183 Å². The molecule has 37 nitrogen and oxygen atoms in total. The smallest absolute Gasteiger partial charge is 0.737 e. The largest absolute Gasteiger partial charge is 0.744 e. The monoisotopic (exact) mass is 2010 g/mol. The molecular formula is C92H113BF2N16O21S4Si2. The Balaban J connectivity index is 0.000000266. The number of benzene rings is 4. The van der Waals surface area contributed by atoms with Crippen molar-refractivity contribution in [1.29, 1.82) is 0 Å². The number of aliphatic carboxylic acids is 3. The molecule has 7 aromatic rings. The summed E-state index contributed by atoms with van der Waals surface area (Å²) in [5.41, 5.74) is 10.9. The van der Waals surface area contributed by atoms with Crippen molar-refractivity contribution < 1.29 is 106 Å². The lowest BCUT2D eigenvalue weighted by atomic mass is 9.90. The number of nitrogens with zero attached hydrogens (tertiary/aromatic N) is 10. The molecule has 5 aliphatic rings. The summed E-state index contributed by atoms with van der Waals surface area (Å²) in [6.45, 7) is 20.3. The van der Waals surface area contributed by atoms with E-state index in [2.05, 4.69) is 115 Å². The highest BCUT2D eigenvalue weighted by Gasteiger charge is 2.53. The lowest BCUT2D eigenvalue weighted by molar-refractivity contribution is -0.362. The van der Waals surface area contributed by atoms with E-state index in [0.29, 0.717) is 85.3 Å². The second-order valence-electron chi connectivity index (χ2n) is 35.0. The van der Waals surface area contributed by atoms with E-state index in [1.807, 2.05) is 42.7 Å². The maximum absolute atomic E-state index is 15.9. The van der Waals surface area contributed by atoms with Crippen molar-refractivity contribution in [3.63, 3.8) is 0 Å². The molecule has 8 heterocycles. The second-order valence-corrected chi connectivity index (χ2v) is 49.6. The third kappa shape index (κ3) is 26.4. The van der Waals surface area contributed by atoms with E-state index in [0.717, 1.165) is 58.3 Å². The standard InChI is InChI=1S/C46H52BF2N11O12.C46H61N5O9S4Si2/c1-4-25(44(69)70)17-36(62)34(22-52-37(63)14-11-30-9-10-31-19-35-23(2)15-24(3)59(35)47(48,49)60(30)31)56-42(67)27(18-38(64)65)16-32(61)12-13-33(45(71)72)55-41(66)26-5-7-28(8-6-26)51-20-29-21-53-40-39(54-29)43(68)58-46(50)57-40;1-10-49(11-2)33-15-18-36-39(25-33)59-40-26-34(50(12-3)13-4)16-19-37(40)44(36)38-20-17-35(27-42(38)64(56,57)58)63(54,55)23-21-32-29-47-46(48-30-32)62-31-66(8,9)60-65(6,7)24-14-22-51-43(52)28-41(61-5)45(51)53/h5-10,15,19,21,25,27,33-34,51H,4,11-14,16-18,20,22H2,1-3H3,(H,52,63)(H,55,66)(H,56,67)(H,64,65)(H,69,70)(H,71,72)(H3,50,53,57,58,68);15-20,25-27,29-30,41H,10-14,21-24,28,31H2,1-9H3/t25-,27+,33+,34+;/m1./s1. The maximum atomic E-state index is 15.9. The van der Waals surface area contributed by atoms with Gasteiger partial charge in [-0.1, -0.05) is 24.8 Å². The number of aromatic nitrogens is 7. The van der Waals surface area contributed by atoms with Gasteiger partial charge in [-0.2, -0.15) is 16.7 Å². The number of hydrogen-bond acceptors (Lipinski definition) is 28. The number of carbonyl (C=O) groups excluding carboxylic acids is 7. The van der Waals surface area contributed by atoms with Crippen molar-refractivity contribution >= 4 is 177 Å². The number of aromatic amines is 1. The van der Waals surface area contributed by atoms with Crippen LogP contribution in [0.2, 0.25) is 32.2 Å². The molecule has 0 spiro atoms. The number of carboxylic acid groups (broad SMARTS) is 3. The van der Waals surface area contributed by atoms with Gasteiger partial charge in [0.2, 0.25) is 34.9 Å². The lowest BCUT2D eigenvalue weighted by Gasteiger charge is -2.34. The number of rotatable bonds is 46. The molecule has 1 unspecified atom stereocenters. The molecular weight excluding hydrogens is 1900 g/mol. The molecule has 0 bridgehead atoms. The summed E-state index contributed by atoms with van der Waals surface area (Å²) < 4.78 is 116. The molecule has 736 valence electrons. The van der Waals surface area contributed by atoms with Crippen LogP contribution in [-0.2, 0) is 80.2 Å². The first-order valence-electron chi connectivity index (χ1n) is 45.1. The fraction of sp³-hybridized carbons (Fsp3) is 0.413. The van der Waals surface area contributed by atoms with Crippen molar-refractivity contribution in [2.24, 2.45) is 11.8 Å². The third-order valence-electron chi connectivity index (χ3n) is 24.1. The van der Waals surface area contributed by atoms with Gasteiger partial charge in [0.15, 0.2) is 54.3 Å². The number of hydrogen-bond donors (Lipinski definition) is 9. The van der Waals surface area contributed by atoms with Crippen molar-refractivity contribution in [1.82, 2.24) is 59.8 Å². The average molecular weight is 2010 g/mol. The Morgan fingerprint density at radius 3 is 2.15 bits per heavy atom. The predicted octanol–water partition coefficient (Wildman–Crippen LogP) is 9.60. The molecule has 4 aliphatic heterocycles. The zero-order valence-corrected chi connectivity index (χ0v) is 83.8. The number of fused-ring (bicyclic) bond motifs is 5. The van der Waals surface area contributed by atoms with E-state index in [4.69, 9.17) is 14.3 Å². The molecule has 12 rings (SSSR count). The topological polar surface area (TPSA) is 534 Å². The molecule has 0 radical (unpaired) electrons. The number of allylic oxidation sites excluding steroid dienone is 2. The average Bonchev–Trinajstić information content (AvgIpc) is 1.34. The highest BCUT2D eigenvalue weighted by atomic mass is 32.2. The number of nitrogens with two attached hydrogens (primary N) is 1. The number of H-pyrrole nitrogens is 1. The van der Waals surface area contributed by atoms with Crippen LogP contribution >= 0.6 is 23.5 Å². The molecule has 5 amide bonds. The molecule has 10 N–H and O–H groups in total. The van der Waals surface area contributed by atoms with Crippen LogP contribution in [0.4, 0.5) is 26.0 Å². The Morgan fingerprint density at radius 2 is 1.51 bits per heavy atom. The van der Waals surface area contributed by atoms with Gasteiger partial charge in [0.05, 0.1) is 63.6 Å². The summed E-state index contributed by atoms with van der Waals surface area (Å²) in [6.07, 6.45) is 8.36. The first-order valence-corrected chi connectivity index (χ1v) is 56.6. The fourth-order valence-corrected chi connectivity index (χ4v) is 30.0. The molecule has 46 heteroatoms. The number of ketones is 2. The number of Topliss-reactive ketones (excluding diaryl/α,β-unsaturated/α-hetero) is 2. The van der Waals surface area contributed by atoms with E-state index >= 15 is 8.63 Å². The summed E-state index contributed by atoms with van der Waals surface area (Å²) in [6, 6.07) is 20.2. The Labute approximate surface area is 806 Å². The van der Waals surface area contributed by atoms with Crippen LogP contribution in [0, 0.1) is 25.7 Å². The Hall–Kier alpha value is -12.3. The van der Waals surface area contributed by atoms with E-state index in [1.54, 1.807) is 38.4 Å². The zero-order chi connectivity index (χ0) is 101. The second kappa shape index (κ2) is 45.5. The van der Waals surface area contributed by atoms with Crippen LogP contribution in [-0.4, -0.2) is 243 Å². The van der Waals surface area contributed by atoms with E-state index in [9.17, 15) is 89.4 Å². The quantitative estimate of drug-likeness (QED) is 0.00326. The number of nitrogen functional groups attached to an aromatic ring is 1. The molecule has 138 heavy (non-hydrogen) atoms. The van der Waals surface area contributed by atoms with Crippen LogP contribution in [0.25, 0.3) is 50.7 Å². The molecule has 1 aliphatic carbocycles. The number of aryl methyl sites for hydroxylation is 3. The molecule has 4 aromatic heterocycles. The molecule has 5 atom stereocenters. The van der Waals surface area contributed by atoms with Gasteiger partial charge in [0.25, 0.3) is 11.5 Å². The minimum Gasteiger partial charge on any atom is -0.744 e. The molecule has 0 saturated carbocycles. The van der Waals surface area contributed by atoms with Crippen molar-refractivity contribution in [2.45, 2.75) is 190 Å². The van der Waals surface area contributed by atoms with Gasteiger partial charge < -0.3 is 77.9 Å². The number of halogens is 2. The summed E-state index contributed by atoms with van der Waals surface area (Å²) in [5.74, 6) is -11.5. The van der Waals surface area contributed by atoms with Crippen LogP contribution in [0.15, 0.2) is 146 Å².